The number of hydrogen-bond acceptors (Lipinski definition) is 4. The zero-order chi connectivity index (χ0) is 20.4. The number of rotatable bonds is 5. The van der Waals surface area contributed by atoms with Gasteiger partial charge in [-0.15, -0.1) is 0 Å². The van der Waals surface area contributed by atoms with Crippen LogP contribution in [0.4, 0.5) is 10.1 Å². The summed E-state index contributed by atoms with van der Waals surface area (Å²) in [6.07, 6.45) is 3.81. The number of pyridine rings is 1. The van der Waals surface area contributed by atoms with Crippen LogP contribution < -0.4 is 10.1 Å². The number of aromatic carboxylic acids is 1. The van der Waals surface area contributed by atoms with E-state index < -0.39 is 5.97 Å². The highest BCUT2D eigenvalue weighted by molar-refractivity contribution is 5.93. The van der Waals surface area contributed by atoms with Crippen molar-refractivity contribution in [3.63, 3.8) is 0 Å². The second-order valence-corrected chi connectivity index (χ2v) is 7.11. The lowest BCUT2D eigenvalue weighted by Crippen LogP contribution is -2.21. The summed E-state index contributed by atoms with van der Waals surface area (Å²) in [5.41, 5.74) is 4.12. The molecule has 3 aromatic rings. The van der Waals surface area contributed by atoms with Gasteiger partial charge in [0.15, 0.2) is 0 Å². The number of carbonyl (C=O) groups is 1. The van der Waals surface area contributed by atoms with Gasteiger partial charge in [0.1, 0.15) is 11.6 Å². The zero-order valence-electron chi connectivity index (χ0n) is 16.0. The fourth-order valence-corrected chi connectivity index (χ4v) is 3.72. The molecule has 5 nitrogen and oxygen atoms in total. The van der Waals surface area contributed by atoms with Gasteiger partial charge >= 0.3 is 5.97 Å². The molecule has 2 heterocycles. The Hall–Kier alpha value is -3.41. The molecule has 0 radical (unpaired) electrons. The van der Waals surface area contributed by atoms with E-state index in [1.165, 1.54) is 24.5 Å². The van der Waals surface area contributed by atoms with Crippen LogP contribution >= 0.6 is 0 Å². The molecule has 1 aliphatic rings. The van der Waals surface area contributed by atoms with Gasteiger partial charge in [-0.1, -0.05) is 24.3 Å². The highest BCUT2D eigenvalue weighted by Crippen LogP contribution is 2.38. The van der Waals surface area contributed by atoms with Gasteiger partial charge in [-0.2, -0.15) is 0 Å². The fourth-order valence-electron chi connectivity index (χ4n) is 3.72. The van der Waals surface area contributed by atoms with Crippen LogP contribution in [0.3, 0.4) is 0 Å². The molecule has 0 amide bonds. The van der Waals surface area contributed by atoms with E-state index in [0.717, 1.165) is 28.9 Å². The lowest BCUT2D eigenvalue weighted by molar-refractivity contribution is 0.0697. The lowest BCUT2D eigenvalue weighted by Gasteiger charge is -2.27. The lowest BCUT2D eigenvalue weighted by atomic mass is 9.90. The molecular formula is C23H21FN2O3. The molecule has 0 spiro atoms. The van der Waals surface area contributed by atoms with Crippen LogP contribution in [0.15, 0.2) is 54.9 Å². The predicted octanol–water partition coefficient (Wildman–Crippen LogP) is 4.87. The van der Waals surface area contributed by atoms with E-state index in [9.17, 15) is 14.3 Å². The minimum atomic E-state index is -0.989. The monoisotopic (exact) mass is 392 g/mol. The van der Waals surface area contributed by atoms with Gasteiger partial charge in [-0.3, -0.25) is 4.98 Å². The van der Waals surface area contributed by atoms with E-state index in [-0.39, 0.29) is 17.3 Å². The smallest absolute Gasteiger partial charge is 0.337 e. The first-order chi connectivity index (χ1) is 14.0. The zero-order valence-corrected chi connectivity index (χ0v) is 16.0. The molecule has 1 aromatic heterocycles. The van der Waals surface area contributed by atoms with Gasteiger partial charge in [0, 0.05) is 18.7 Å². The summed E-state index contributed by atoms with van der Waals surface area (Å²) in [6.45, 7) is 2.91. The van der Waals surface area contributed by atoms with E-state index in [4.69, 9.17) is 4.74 Å². The van der Waals surface area contributed by atoms with Crippen LogP contribution in [0, 0.1) is 12.7 Å². The minimum Gasteiger partial charge on any atom is -0.493 e. The maximum Gasteiger partial charge on any atom is 0.337 e. The van der Waals surface area contributed by atoms with Crippen LogP contribution in [-0.4, -0.2) is 29.2 Å². The molecule has 0 saturated carbocycles. The third-order valence-corrected chi connectivity index (χ3v) is 5.35. The van der Waals surface area contributed by atoms with Crippen molar-refractivity contribution in [3.8, 4) is 16.9 Å². The molecule has 0 aliphatic carbocycles. The molecule has 148 valence electrons. The molecular weight excluding hydrogens is 371 g/mol. The molecule has 6 heteroatoms. The number of halogens is 1. The number of nitrogens with one attached hydrogen (secondary N) is 1. The Morgan fingerprint density at radius 1 is 1.31 bits per heavy atom. The van der Waals surface area contributed by atoms with Crippen LogP contribution in [0.1, 0.15) is 33.8 Å². The van der Waals surface area contributed by atoms with Crippen molar-refractivity contribution in [3.05, 3.63) is 77.4 Å². The number of nitrogens with zero attached hydrogens (tertiary/aromatic N) is 1. The Kier molecular flexibility index (Phi) is 5.16. The van der Waals surface area contributed by atoms with Gasteiger partial charge in [0.05, 0.1) is 24.1 Å². The van der Waals surface area contributed by atoms with E-state index in [0.29, 0.717) is 24.4 Å². The third-order valence-electron chi connectivity index (χ3n) is 5.35. The molecule has 4 rings (SSSR count). The van der Waals surface area contributed by atoms with Crippen LogP contribution in [0.2, 0.25) is 0 Å². The topological polar surface area (TPSA) is 71.5 Å². The summed E-state index contributed by atoms with van der Waals surface area (Å²) in [6, 6.07) is 12.5. The molecule has 2 N–H and O–H groups in total. The van der Waals surface area contributed by atoms with E-state index in [2.05, 4.69) is 10.3 Å². The Bertz CT molecular complexity index is 1070. The molecule has 0 bridgehead atoms. The SMILES string of the molecule is Cc1c(F)cccc1-c1ccc2c(c1)OCCC2CNc1cnccc1C(=O)O. The maximum atomic E-state index is 13.9. The standard InChI is InChI=1S/C23H21FN2O3/c1-14-17(3-2-4-20(14)24)15-5-6-18-16(8-10-29-22(18)11-15)12-26-21-13-25-9-7-19(21)23(27)28/h2-7,9,11,13,16,26H,8,10,12H2,1H3,(H,27,28). The van der Waals surface area contributed by atoms with Crippen molar-refractivity contribution < 1.29 is 19.0 Å². The van der Waals surface area contributed by atoms with E-state index >= 15 is 0 Å². The van der Waals surface area contributed by atoms with Crippen molar-refractivity contribution in [1.82, 2.24) is 4.98 Å². The summed E-state index contributed by atoms with van der Waals surface area (Å²) >= 11 is 0. The Balaban J connectivity index is 1.58. The highest BCUT2D eigenvalue weighted by atomic mass is 19.1. The second kappa shape index (κ2) is 7.91. The van der Waals surface area contributed by atoms with Crippen molar-refractivity contribution in [2.45, 2.75) is 19.3 Å². The summed E-state index contributed by atoms with van der Waals surface area (Å²) < 4.78 is 19.8. The van der Waals surface area contributed by atoms with Gasteiger partial charge < -0.3 is 15.2 Å². The molecule has 2 aromatic carbocycles. The highest BCUT2D eigenvalue weighted by Gasteiger charge is 2.23. The Morgan fingerprint density at radius 2 is 2.17 bits per heavy atom. The van der Waals surface area contributed by atoms with Gasteiger partial charge in [-0.25, -0.2) is 9.18 Å². The fraction of sp³-hybridized carbons (Fsp3) is 0.217. The second-order valence-electron chi connectivity index (χ2n) is 7.11. The van der Waals surface area contributed by atoms with Gasteiger partial charge in [0.25, 0.3) is 0 Å². The van der Waals surface area contributed by atoms with E-state index in [1.54, 1.807) is 13.0 Å². The van der Waals surface area contributed by atoms with Crippen LogP contribution in [-0.2, 0) is 0 Å². The Morgan fingerprint density at radius 3 is 3.00 bits per heavy atom. The predicted molar refractivity (Wildman–Crippen MR) is 109 cm³/mol. The summed E-state index contributed by atoms with van der Waals surface area (Å²) in [7, 11) is 0. The van der Waals surface area contributed by atoms with Crippen LogP contribution in [0.25, 0.3) is 11.1 Å². The number of hydrogen-bond donors (Lipinski definition) is 2. The van der Waals surface area contributed by atoms with Crippen molar-refractivity contribution in [2.75, 3.05) is 18.5 Å². The molecule has 1 aliphatic heterocycles. The third kappa shape index (κ3) is 3.78. The summed E-state index contributed by atoms with van der Waals surface area (Å²) in [5.74, 6) is -0.261. The van der Waals surface area contributed by atoms with E-state index in [1.807, 2.05) is 24.3 Å². The normalized spacial score (nSPS) is 15.3. The molecule has 0 saturated heterocycles. The number of anilines is 1. The van der Waals surface area contributed by atoms with Crippen molar-refractivity contribution in [2.24, 2.45) is 0 Å². The Labute approximate surface area is 168 Å². The molecule has 0 fully saturated rings. The largest absolute Gasteiger partial charge is 0.493 e. The van der Waals surface area contributed by atoms with Crippen molar-refractivity contribution >= 4 is 11.7 Å². The number of carboxylic acid groups (broad SMARTS) is 1. The van der Waals surface area contributed by atoms with Crippen LogP contribution in [0.5, 0.6) is 5.75 Å². The summed E-state index contributed by atoms with van der Waals surface area (Å²) in [4.78, 5) is 15.4. The van der Waals surface area contributed by atoms with Gasteiger partial charge in [0.2, 0.25) is 0 Å². The first kappa shape index (κ1) is 18.9. The number of fused-ring (bicyclic) bond motifs is 1. The number of ether oxygens (including phenoxy) is 1. The number of aromatic nitrogens is 1. The maximum absolute atomic E-state index is 13.9. The minimum absolute atomic E-state index is 0.170. The molecule has 1 unspecified atom stereocenters. The molecule has 1 atom stereocenters. The first-order valence-corrected chi connectivity index (χ1v) is 9.48. The number of benzene rings is 2. The summed E-state index contributed by atoms with van der Waals surface area (Å²) in [5, 5.41) is 12.5. The van der Waals surface area contributed by atoms with Gasteiger partial charge in [-0.05, 0) is 53.8 Å². The average molecular weight is 392 g/mol. The molecule has 29 heavy (non-hydrogen) atoms. The van der Waals surface area contributed by atoms with Crippen molar-refractivity contribution in [1.29, 1.82) is 0 Å². The first-order valence-electron chi connectivity index (χ1n) is 9.48. The average Bonchev–Trinajstić information content (AvgIpc) is 2.74. The number of carboxylic acids is 1. The quantitative estimate of drug-likeness (QED) is 0.648.